The van der Waals surface area contributed by atoms with Crippen LogP contribution in [-0.4, -0.2) is 44.4 Å². The second kappa shape index (κ2) is 7.96. The summed E-state index contributed by atoms with van der Waals surface area (Å²) in [7, 11) is -2.15. The van der Waals surface area contributed by atoms with Gasteiger partial charge in [-0.1, -0.05) is 19.3 Å². The minimum atomic E-state index is -3.70. The van der Waals surface area contributed by atoms with E-state index in [-0.39, 0.29) is 16.8 Å². The third-order valence-electron chi connectivity index (χ3n) is 5.43. The van der Waals surface area contributed by atoms with E-state index in [1.165, 1.54) is 10.7 Å². The summed E-state index contributed by atoms with van der Waals surface area (Å²) in [5, 5.41) is 3.08. The molecule has 0 unspecified atom stereocenters. The third kappa shape index (κ3) is 3.88. The van der Waals surface area contributed by atoms with Gasteiger partial charge >= 0.3 is 0 Å². The van der Waals surface area contributed by atoms with Gasteiger partial charge in [0.2, 0.25) is 15.9 Å². The Morgan fingerprint density at radius 3 is 2.54 bits per heavy atom. The van der Waals surface area contributed by atoms with E-state index in [0.29, 0.717) is 25.1 Å². The number of benzene rings is 1. The highest BCUT2D eigenvalue weighted by Gasteiger charge is 2.40. The predicted molar refractivity (Wildman–Crippen MR) is 99.7 cm³/mol. The van der Waals surface area contributed by atoms with Gasteiger partial charge in [-0.05, 0) is 56.4 Å². The summed E-state index contributed by atoms with van der Waals surface area (Å²) in [5.74, 6) is 0.500. The van der Waals surface area contributed by atoms with Gasteiger partial charge in [0.05, 0.1) is 12.0 Å². The highest BCUT2D eigenvalue weighted by Crippen LogP contribution is 2.29. The Bertz CT molecular complexity index is 757. The van der Waals surface area contributed by atoms with Gasteiger partial charge in [-0.2, -0.15) is 4.31 Å². The molecule has 1 heterocycles. The second-order valence-electron chi connectivity index (χ2n) is 7.25. The Balaban J connectivity index is 1.77. The summed E-state index contributed by atoms with van der Waals surface area (Å²) < 4.78 is 32.8. The fraction of sp³-hybridized carbons (Fsp3) is 0.632. The molecule has 1 saturated heterocycles. The third-order valence-corrected chi connectivity index (χ3v) is 7.33. The van der Waals surface area contributed by atoms with Crippen molar-refractivity contribution in [3.05, 3.63) is 23.8 Å². The first-order valence-corrected chi connectivity index (χ1v) is 10.8. The quantitative estimate of drug-likeness (QED) is 0.852. The first-order chi connectivity index (χ1) is 12.4. The normalized spacial score (nSPS) is 22.3. The molecule has 0 spiro atoms. The van der Waals surface area contributed by atoms with Gasteiger partial charge in [0.15, 0.2) is 0 Å². The SMILES string of the molecule is COc1ccc(S(=O)(=O)N2CCC[C@@H]2C(=O)NC2CCCCC2)cc1C. The molecule has 144 valence electrons. The highest BCUT2D eigenvalue weighted by atomic mass is 32.2. The number of nitrogens with zero attached hydrogens (tertiary/aromatic N) is 1. The number of aryl methyl sites for hydroxylation is 1. The summed E-state index contributed by atoms with van der Waals surface area (Å²) in [6.07, 6.45) is 6.73. The van der Waals surface area contributed by atoms with Crippen molar-refractivity contribution >= 4 is 15.9 Å². The first kappa shape index (κ1) is 19.2. The first-order valence-electron chi connectivity index (χ1n) is 9.40. The van der Waals surface area contributed by atoms with E-state index in [9.17, 15) is 13.2 Å². The molecule has 1 aromatic carbocycles. The Hall–Kier alpha value is -1.60. The van der Waals surface area contributed by atoms with Gasteiger partial charge in [0.1, 0.15) is 11.8 Å². The van der Waals surface area contributed by atoms with Crippen molar-refractivity contribution in [1.29, 1.82) is 0 Å². The minimum absolute atomic E-state index is 0.150. The molecule has 2 aliphatic rings. The van der Waals surface area contributed by atoms with Crippen molar-refractivity contribution in [3.63, 3.8) is 0 Å². The van der Waals surface area contributed by atoms with Gasteiger partial charge < -0.3 is 10.1 Å². The zero-order valence-electron chi connectivity index (χ0n) is 15.5. The van der Waals surface area contributed by atoms with Crippen LogP contribution in [0.4, 0.5) is 0 Å². The molecule has 0 bridgehead atoms. The average Bonchev–Trinajstić information content (AvgIpc) is 3.13. The van der Waals surface area contributed by atoms with Crippen molar-refractivity contribution < 1.29 is 17.9 Å². The van der Waals surface area contributed by atoms with Crippen molar-refractivity contribution in [3.8, 4) is 5.75 Å². The lowest BCUT2D eigenvalue weighted by Gasteiger charge is -2.28. The lowest BCUT2D eigenvalue weighted by atomic mass is 9.95. The molecule has 1 amide bonds. The Labute approximate surface area is 156 Å². The van der Waals surface area contributed by atoms with Crippen LogP contribution in [0.2, 0.25) is 0 Å². The number of hydrogen-bond acceptors (Lipinski definition) is 4. The number of carbonyl (C=O) groups is 1. The Morgan fingerprint density at radius 2 is 1.88 bits per heavy atom. The number of sulfonamides is 1. The van der Waals surface area contributed by atoms with Gasteiger partial charge in [-0.25, -0.2) is 8.42 Å². The standard InChI is InChI=1S/C19H28N2O4S/c1-14-13-16(10-11-18(14)25-2)26(23,24)21-12-6-9-17(21)19(22)20-15-7-4-3-5-8-15/h10-11,13,15,17H,3-9,12H2,1-2H3,(H,20,22)/t17-/m1/s1. The van der Waals surface area contributed by atoms with Crippen LogP contribution in [0, 0.1) is 6.92 Å². The number of nitrogens with one attached hydrogen (secondary N) is 1. The second-order valence-corrected chi connectivity index (χ2v) is 9.14. The van der Waals surface area contributed by atoms with Crippen LogP contribution >= 0.6 is 0 Å². The summed E-state index contributed by atoms with van der Waals surface area (Å²) in [5.41, 5.74) is 0.760. The molecule has 3 rings (SSSR count). The van der Waals surface area contributed by atoms with Crippen LogP contribution in [0.5, 0.6) is 5.75 Å². The zero-order chi connectivity index (χ0) is 18.7. The molecule has 1 atom stereocenters. The van der Waals surface area contributed by atoms with Crippen LogP contribution in [-0.2, 0) is 14.8 Å². The summed E-state index contributed by atoms with van der Waals surface area (Å²) in [6, 6.07) is 4.40. The topological polar surface area (TPSA) is 75.7 Å². The molecule has 26 heavy (non-hydrogen) atoms. The predicted octanol–water partition coefficient (Wildman–Crippen LogP) is 2.61. The van der Waals surface area contributed by atoms with Crippen LogP contribution in [0.15, 0.2) is 23.1 Å². The van der Waals surface area contributed by atoms with Crippen LogP contribution in [0.25, 0.3) is 0 Å². The van der Waals surface area contributed by atoms with Crippen molar-refractivity contribution in [2.45, 2.75) is 68.8 Å². The maximum Gasteiger partial charge on any atom is 0.243 e. The molecule has 1 N–H and O–H groups in total. The van der Waals surface area contributed by atoms with E-state index in [1.807, 2.05) is 6.92 Å². The summed E-state index contributed by atoms with van der Waals surface area (Å²) in [4.78, 5) is 12.9. The maximum absolute atomic E-state index is 13.1. The lowest BCUT2D eigenvalue weighted by molar-refractivity contribution is -0.125. The Kier molecular flexibility index (Phi) is 5.87. The van der Waals surface area contributed by atoms with Crippen molar-refractivity contribution in [1.82, 2.24) is 9.62 Å². The average molecular weight is 381 g/mol. The van der Waals surface area contributed by atoms with E-state index in [0.717, 1.165) is 31.2 Å². The van der Waals surface area contributed by atoms with Crippen molar-refractivity contribution in [2.75, 3.05) is 13.7 Å². The number of amides is 1. The van der Waals surface area contributed by atoms with Gasteiger partial charge in [0, 0.05) is 12.6 Å². The highest BCUT2D eigenvalue weighted by molar-refractivity contribution is 7.89. The van der Waals surface area contributed by atoms with E-state index in [1.54, 1.807) is 25.3 Å². The molecule has 1 saturated carbocycles. The fourth-order valence-electron chi connectivity index (χ4n) is 3.98. The smallest absolute Gasteiger partial charge is 0.243 e. The molecule has 1 aromatic rings. The van der Waals surface area contributed by atoms with Crippen molar-refractivity contribution in [2.24, 2.45) is 0 Å². The molecule has 0 radical (unpaired) electrons. The molecular weight excluding hydrogens is 352 g/mol. The molecule has 6 nitrogen and oxygen atoms in total. The van der Waals surface area contributed by atoms with E-state index in [4.69, 9.17) is 4.74 Å². The monoisotopic (exact) mass is 380 g/mol. The van der Waals surface area contributed by atoms with E-state index in [2.05, 4.69) is 5.32 Å². The largest absolute Gasteiger partial charge is 0.496 e. The number of rotatable bonds is 5. The number of methoxy groups -OCH3 is 1. The summed E-state index contributed by atoms with van der Waals surface area (Å²) >= 11 is 0. The van der Waals surface area contributed by atoms with Gasteiger partial charge in [-0.3, -0.25) is 4.79 Å². The Morgan fingerprint density at radius 1 is 1.15 bits per heavy atom. The molecule has 2 fully saturated rings. The van der Waals surface area contributed by atoms with E-state index >= 15 is 0 Å². The van der Waals surface area contributed by atoms with Crippen LogP contribution in [0.3, 0.4) is 0 Å². The minimum Gasteiger partial charge on any atom is -0.496 e. The molecular formula is C19H28N2O4S. The number of hydrogen-bond donors (Lipinski definition) is 1. The zero-order valence-corrected chi connectivity index (χ0v) is 16.3. The van der Waals surface area contributed by atoms with Crippen LogP contribution in [0.1, 0.15) is 50.5 Å². The fourth-order valence-corrected chi connectivity index (χ4v) is 5.72. The molecule has 7 heteroatoms. The molecule has 1 aliphatic carbocycles. The molecule has 0 aromatic heterocycles. The number of ether oxygens (including phenoxy) is 1. The van der Waals surface area contributed by atoms with Gasteiger partial charge in [-0.15, -0.1) is 0 Å². The van der Waals surface area contributed by atoms with Crippen LogP contribution < -0.4 is 10.1 Å². The lowest BCUT2D eigenvalue weighted by Crippen LogP contribution is -2.49. The van der Waals surface area contributed by atoms with E-state index < -0.39 is 16.1 Å². The summed E-state index contributed by atoms with van der Waals surface area (Å²) in [6.45, 7) is 2.20. The molecule has 1 aliphatic heterocycles. The van der Waals surface area contributed by atoms with Gasteiger partial charge in [0.25, 0.3) is 0 Å². The maximum atomic E-state index is 13.1. The number of carbonyl (C=O) groups excluding carboxylic acids is 1.